The third-order valence-electron chi connectivity index (χ3n) is 1.76. The molecule has 2 atom stereocenters. The smallest absolute Gasteiger partial charge is 0.144 e. The van der Waals surface area contributed by atoms with E-state index in [1.807, 2.05) is 6.92 Å². The number of hydrogen-bond acceptors (Lipinski definition) is 2. The van der Waals surface area contributed by atoms with Gasteiger partial charge in [0.05, 0.1) is 5.25 Å². The first-order chi connectivity index (χ1) is 5.02. The average Bonchev–Trinajstić information content (AvgIpc) is 1.87. The van der Waals surface area contributed by atoms with Crippen molar-refractivity contribution in [3.05, 3.63) is 0 Å². The zero-order valence-electron chi connectivity index (χ0n) is 7.08. The average molecular weight is 196 g/mol. The third kappa shape index (κ3) is 4.71. The summed E-state index contributed by atoms with van der Waals surface area (Å²) >= 11 is 4.50. The predicted molar refractivity (Wildman–Crippen MR) is 51.7 cm³/mol. The largest absolute Gasteiger partial charge is 0.305 e. The normalized spacial score (nSPS) is 19.2. The van der Waals surface area contributed by atoms with E-state index in [9.17, 15) is 4.21 Å². The molecule has 0 spiro atoms. The highest BCUT2D eigenvalue weighted by Crippen LogP contribution is 2.12. The van der Waals surface area contributed by atoms with E-state index in [2.05, 4.69) is 18.1 Å². The fraction of sp³-hybridized carbons (Fsp3) is 1.00. The Morgan fingerprint density at radius 2 is 2.09 bits per heavy atom. The SMILES string of the molecule is CCCCC(CC)S(=O)(O)=S. The summed E-state index contributed by atoms with van der Waals surface area (Å²) < 4.78 is 20.0. The summed E-state index contributed by atoms with van der Waals surface area (Å²) in [5, 5.41) is -0.183. The van der Waals surface area contributed by atoms with E-state index in [-0.39, 0.29) is 5.25 Å². The van der Waals surface area contributed by atoms with Gasteiger partial charge in [0.25, 0.3) is 0 Å². The van der Waals surface area contributed by atoms with E-state index in [0.29, 0.717) is 6.42 Å². The molecule has 0 aliphatic carbocycles. The molecule has 0 radical (unpaired) electrons. The van der Waals surface area contributed by atoms with Gasteiger partial charge in [-0.05, 0) is 12.8 Å². The highest BCUT2D eigenvalue weighted by molar-refractivity contribution is 8.30. The van der Waals surface area contributed by atoms with Crippen LogP contribution in [0.5, 0.6) is 0 Å². The van der Waals surface area contributed by atoms with Crippen LogP contribution in [0, 0.1) is 0 Å². The molecular weight excluding hydrogens is 180 g/mol. The lowest BCUT2D eigenvalue weighted by Crippen LogP contribution is -2.18. The minimum absolute atomic E-state index is 0.183. The van der Waals surface area contributed by atoms with Crippen molar-refractivity contribution in [1.29, 1.82) is 0 Å². The molecule has 0 fully saturated rings. The lowest BCUT2D eigenvalue weighted by atomic mass is 10.2. The summed E-state index contributed by atoms with van der Waals surface area (Å²) in [4.78, 5) is 0. The molecule has 4 heteroatoms. The molecule has 0 aromatic rings. The van der Waals surface area contributed by atoms with Crippen LogP contribution >= 0.6 is 0 Å². The van der Waals surface area contributed by atoms with Gasteiger partial charge >= 0.3 is 0 Å². The van der Waals surface area contributed by atoms with Crippen molar-refractivity contribution in [2.24, 2.45) is 0 Å². The fourth-order valence-electron chi connectivity index (χ4n) is 0.995. The van der Waals surface area contributed by atoms with Gasteiger partial charge in [0, 0.05) is 11.2 Å². The Morgan fingerprint density at radius 1 is 1.55 bits per heavy atom. The zero-order chi connectivity index (χ0) is 8.91. The Morgan fingerprint density at radius 3 is 2.36 bits per heavy atom. The number of rotatable bonds is 5. The molecular formula is C7H16O2S2. The monoisotopic (exact) mass is 196 g/mol. The summed E-state index contributed by atoms with van der Waals surface area (Å²) in [5.41, 5.74) is 0. The highest BCUT2D eigenvalue weighted by atomic mass is 32.8. The molecule has 11 heavy (non-hydrogen) atoms. The maximum atomic E-state index is 11.0. The summed E-state index contributed by atoms with van der Waals surface area (Å²) in [6.07, 6.45) is 3.54. The Labute approximate surface area is 73.9 Å². The number of hydrogen-bond donors (Lipinski definition) is 1. The molecule has 1 N–H and O–H groups in total. The van der Waals surface area contributed by atoms with Crippen molar-refractivity contribution >= 4 is 20.0 Å². The fourth-order valence-corrected chi connectivity index (χ4v) is 2.58. The first-order valence-electron chi connectivity index (χ1n) is 3.98. The lowest BCUT2D eigenvalue weighted by molar-refractivity contribution is 0.527. The van der Waals surface area contributed by atoms with Crippen molar-refractivity contribution in [3.8, 4) is 0 Å². The Kier molecular flexibility index (Phi) is 5.21. The van der Waals surface area contributed by atoms with Crippen molar-refractivity contribution < 1.29 is 8.76 Å². The van der Waals surface area contributed by atoms with Gasteiger partial charge in [0.1, 0.15) is 8.77 Å². The molecule has 0 saturated carbocycles. The maximum absolute atomic E-state index is 11.0. The minimum atomic E-state index is -2.95. The molecule has 2 nitrogen and oxygen atoms in total. The van der Waals surface area contributed by atoms with Gasteiger partial charge in [-0.15, -0.1) is 0 Å². The van der Waals surface area contributed by atoms with E-state index in [1.165, 1.54) is 0 Å². The van der Waals surface area contributed by atoms with E-state index >= 15 is 0 Å². The first kappa shape index (κ1) is 11.3. The minimum Gasteiger partial charge on any atom is -0.305 e. The van der Waals surface area contributed by atoms with Crippen LogP contribution < -0.4 is 0 Å². The quantitative estimate of drug-likeness (QED) is 0.732. The van der Waals surface area contributed by atoms with E-state index in [4.69, 9.17) is 4.55 Å². The van der Waals surface area contributed by atoms with Crippen LogP contribution in [0.1, 0.15) is 39.5 Å². The van der Waals surface area contributed by atoms with Crippen LogP contribution in [0.15, 0.2) is 0 Å². The molecule has 0 aromatic heterocycles. The Hall–Kier alpha value is 0.330. The second kappa shape index (κ2) is 5.06. The van der Waals surface area contributed by atoms with Crippen LogP contribution in [-0.2, 0) is 20.0 Å². The highest BCUT2D eigenvalue weighted by Gasteiger charge is 2.15. The lowest BCUT2D eigenvalue weighted by Gasteiger charge is -2.12. The summed E-state index contributed by atoms with van der Waals surface area (Å²) in [6, 6.07) is 0. The van der Waals surface area contributed by atoms with E-state index in [0.717, 1.165) is 19.3 Å². The summed E-state index contributed by atoms with van der Waals surface area (Å²) in [5.74, 6) is 0. The van der Waals surface area contributed by atoms with Crippen LogP contribution in [0.4, 0.5) is 0 Å². The molecule has 0 bridgehead atoms. The van der Waals surface area contributed by atoms with E-state index < -0.39 is 8.77 Å². The summed E-state index contributed by atoms with van der Waals surface area (Å²) in [6.45, 7) is 3.97. The number of unbranched alkanes of at least 4 members (excludes halogenated alkanes) is 1. The van der Waals surface area contributed by atoms with Gasteiger partial charge in [-0.2, -0.15) is 0 Å². The molecule has 0 aromatic carbocycles. The van der Waals surface area contributed by atoms with Crippen molar-refractivity contribution in [3.63, 3.8) is 0 Å². The van der Waals surface area contributed by atoms with Gasteiger partial charge in [-0.3, -0.25) is 0 Å². The molecule has 0 aliphatic rings. The van der Waals surface area contributed by atoms with Crippen LogP contribution in [0.3, 0.4) is 0 Å². The Bertz CT molecular complexity index is 185. The molecule has 0 amide bonds. The maximum Gasteiger partial charge on any atom is 0.144 e. The van der Waals surface area contributed by atoms with Crippen LogP contribution in [-0.4, -0.2) is 14.0 Å². The van der Waals surface area contributed by atoms with Gasteiger partial charge in [0.2, 0.25) is 0 Å². The van der Waals surface area contributed by atoms with E-state index in [1.54, 1.807) is 0 Å². The molecule has 0 rings (SSSR count). The van der Waals surface area contributed by atoms with Crippen molar-refractivity contribution in [1.82, 2.24) is 0 Å². The predicted octanol–water partition coefficient (Wildman–Crippen LogP) is 2.17. The second-order valence-corrected chi connectivity index (χ2v) is 5.82. The van der Waals surface area contributed by atoms with Gasteiger partial charge in [0.15, 0.2) is 0 Å². The van der Waals surface area contributed by atoms with Gasteiger partial charge < -0.3 is 4.55 Å². The summed E-state index contributed by atoms with van der Waals surface area (Å²) in [7, 11) is -2.95. The van der Waals surface area contributed by atoms with Crippen LogP contribution in [0.25, 0.3) is 0 Å². The van der Waals surface area contributed by atoms with Crippen molar-refractivity contribution in [2.45, 2.75) is 44.8 Å². The van der Waals surface area contributed by atoms with Gasteiger partial charge in [-0.25, -0.2) is 4.21 Å². The van der Waals surface area contributed by atoms with Crippen molar-refractivity contribution in [2.75, 3.05) is 0 Å². The standard InChI is InChI=1S/C7H16O2S2/c1-3-5-6-7(4-2)11(8,9)10/h7H,3-6H2,1-2H3,(H,8,9,10). The molecule has 0 aliphatic heterocycles. The zero-order valence-corrected chi connectivity index (χ0v) is 8.71. The topological polar surface area (TPSA) is 37.3 Å². The first-order valence-corrected chi connectivity index (χ1v) is 6.49. The third-order valence-corrected chi connectivity index (χ3v) is 3.98. The molecule has 68 valence electrons. The van der Waals surface area contributed by atoms with Crippen LogP contribution in [0.2, 0.25) is 0 Å². The van der Waals surface area contributed by atoms with Gasteiger partial charge in [-0.1, -0.05) is 26.7 Å². The second-order valence-electron chi connectivity index (χ2n) is 2.69. The molecule has 0 heterocycles. The molecule has 0 saturated heterocycles. The molecule has 2 unspecified atom stereocenters. The Balaban J connectivity index is 3.97.